The van der Waals surface area contributed by atoms with Crippen LogP contribution in [-0.4, -0.2) is 34.9 Å². The molecule has 20 heavy (non-hydrogen) atoms. The van der Waals surface area contributed by atoms with Crippen molar-refractivity contribution in [3.05, 3.63) is 0 Å². The van der Waals surface area contributed by atoms with Crippen molar-refractivity contribution in [1.82, 2.24) is 4.90 Å². The Morgan fingerprint density at radius 1 is 1.25 bits per heavy atom. The van der Waals surface area contributed by atoms with E-state index in [0.29, 0.717) is 11.8 Å². The first kappa shape index (κ1) is 16.8. The van der Waals surface area contributed by atoms with Gasteiger partial charge >= 0.3 is 0 Å². The summed E-state index contributed by atoms with van der Waals surface area (Å²) in [4.78, 5) is 14.5. The lowest BCUT2D eigenvalue weighted by atomic mass is 9.89. The summed E-state index contributed by atoms with van der Waals surface area (Å²) >= 11 is 0. The maximum absolute atomic E-state index is 12.6. The minimum atomic E-state index is -0.518. The second-order valence-corrected chi connectivity index (χ2v) is 6.51. The molecule has 2 unspecified atom stereocenters. The van der Waals surface area contributed by atoms with Crippen LogP contribution in [0.2, 0.25) is 0 Å². The number of rotatable bonds is 4. The Morgan fingerprint density at radius 2 is 1.90 bits per heavy atom. The largest absolute Gasteiger partial charge is 0.409 e. The number of carbonyl (C=O) groups is 1. The highest BCUT2D eigenvalue weighted by atomic mass is 16.4. The molecular formula is C15H29N3O2. The van der Waals surface area contributed by atoms with E-state index in [9.17, 15) is 4.79 Å². The van der Waals surface area contributed by atoms with Gasteiger partial charge in [-0.3, -0.25) is 4.79 Å². The van der Waals surface area contributed by atoms with Crippen molar-refractivity contribution < 1.29 is 10.0 Å². The third-order valence-electron chi connectivity index (χ3n) is 4.39. The number of likely N-dealkylation sites (tertiary alicyclic amines) is 1. The molecule has 0 saturated carbocycles. The van der Waals surface area contributed by atoms with Gasteiger partial charge in [-0.25, -0.2) is 0 Å². The summed E-state index contributed by atoms with van der Waals surface area (Å²) in [6, 6.07) is 0. The molecule has 0 aromatic carbocycles. The molecule has 0 spiro atoms. The number of hydrogen-bond donors (Lipinski definition) is 2. The van der Waals surface area contributed by atoms with Crippen molar-refractivity contribution in [2.45, 2.75) is 47.0 Å². The number of nitrogens with zero attached hydrogens (tertiary/aromatic N) is 2. The smallest absolute Gasteiger partial charge is 0.233 e. The van der Waals surface area contributed by atoms with E-state index in [1.165, 1.54) is 6.42 Å². The second-order valence-electron chi connectivity index (χ2n) is 6.51. The van der Waals surface area contributed by atoms with E-state index in [2.05, 4.69) is 19.0 Å². The van der Waals surface area contributed by atoms with Gasteiger partial charge in [-0.2, -0.15) is 0 Å². The first-order valence-electron chi connectivity index (χ1n) is 7.64. The zero-order valence-electron chi connectivity index (χ0n) is 13.2. The van der Waals surface area contributed by atoms with Crippen molar-refractivity contribution in [2.24, 2.45) is 34.6 Å². The van der Waals surface area contributed by atoms with Crippen LogP contribution >= 0.6 is 0 Å². The Bertz CT molecular complexity index is 353. The van der Waals surface area contributed by atoms with Crippen LogP contribution in [0.5, 0.6) is 0 Å². The van der Waals surface area contributed by atoms with Crippen molar-refractivity contribution in [1.29, 1.82) is 0 Å². The first-order valence-corrected chi connectivity index (χ1v) is 7.64. The van der Waals surface area contributed by atoms with Crippen LogP contribution in [0.1, 0.15) is 47.0 Å². The van der Waals surface area contributed by atoms with E-state index in [1.807, 2.05) is 18.7 Å². The van der Waals surface area contributed by atoms with Gasteiger partial charge in [0, 0.05) is 13.1 Å². The highest BCUT2D eigenvalue weighted by molar-refractivity contribution is 6.02. The Kier molecular flexibility index (Phi) is 6.30. The number of oxime groups is 1. The van der Waals surface area contributed by atoms with E-state index in [-0.39, 0.29) is 17.7 Å². The van der Waals surface area contributed by atoms with Crippen molar-refractivity contribution in [3.63, 3.8) is 0 Å². The second kappa shape index (κ2) is 7.50. The van der Waals surface area contributed by atoms with Gasteiger partial charge in [0.15, 0.2) is 5.84 Å². The topological polar surface area (TPSA) is 78.9 Å². The fourth-order valence-corrected chi connectivity index (χ4v) is 3.02. The molecular weight excluding hydrogens is 254 g/mol. The van der Waals surface area contributed by atoms with E-state index >= 15 is 0 Å². The van der Waals surface area contributed by atoms with E-state index < -0.39 is 5.92 Å². The monoisotopic (exact) mass is 283 g/mol. The quantitative estimate of drug-likeness (QED) is 0.359. The van der Waals surface area contributed by atoms with Crippen molar-refractivity contribution >= 4 is 11.7 Å². The van der Waals surface area contributed by atoms with Gasteiger partial charge in [-0.1, -0.05) is 32.9 Å². The predicted octanol–water partition coefficient (Wildman–Crippen LogP) is 2.29. The summed E-state index contributed by atoms with van der Waals surface area (Å²) in [6.07, 6.45) is 3.26. The summed E-state index contributed by atoms with van der Waals surface area (Å²) < 4.78 is 0. The Balaban J connectivity index is 2.75. The van der Waals surface area contributed by atoms with E-state index in [0.717, 1.165) is 25.9 Å². The zero-order valence-corrected chi connectivity index (χ0v) is 13.2. The molecule has 0 aromatic heterocycles. The van der Waals surface area contributed by atoms with Crippen LogP contribution in [-0.2, 0) is 4.79 Å². The van der Waals surface area contributed by atoms with Gasteiger partial charge in [-0.05, 0) is 37.0 Å². The minimum Gasteiger partial charge on any atom is -0.409 e. The number of amidine groups is 1. The van der Waals surface area contributed by atoms with Gasteiger partial charge in [0.25, 0.3) is 0 Å². The molecule has 1 aliphatic rings. The van der Waals surface area contributed by atoms with Crippen LogP contribution < -0.4 is 5.73 Å². The predicted molar refractivity (Wildman–Crippen MR) is 80.5 cm³/mol. The average Bonchev–Trinajstić information content (AvgIpc) is 2.63. The maximum Gasteiger partial charge on any atom is 0.233 e. The van der Waals surface area contributed by atoms with Crippen LogP contribution in [0.25, 0.3) is 0 Å². The highest BCUT2D eigenvalue weighted by Gasteiger charge is 2.32. The fourth-order valence-electron chi connectivity index (χ4n) is 3.02. The molecule has 2 atom stereocenters. The third kappa shape index (κ3) is 4.12. The zero-order chi connectivity index (χ0) is 15.3. The van der Waals surface area contributed by atoms with Gasteiger partial charge in [-0.15, -0.1) is 0 Å². The molecule has 5 heteroatoms. The average molecular weight is 283 g/mol. The molecule has 1 rings (SSSR count). The normalized spacial score (nSPS) is 23.0. The number of hydrogen-bond acceptors (Lipinski definition) is 3. The first-order chi connectivity index (χ1) is 9.38. The molecule has 1 aliphatic heterocycles. The number of nitrogens with two attached hydrogens (primary N) is 1. The minimum absolute atomic E-state index is 0.000272. The summed E-state index contributed by atoms with van der Waals surface area (Å²) in [5.41, 5.74) is 5.69. The van der Waals surface area contributed by atoms with Crippen LogP contribution in [0.15, 0.2) is 5.16 Å². The maximum atomic E-state index is 12.6. The summed E-state index contributed by atoms with van der Waals surface area (Å²) in [7, 11) is 0. The van der Waals surface area contributed by atoms with E-state index in [4.69, 9.17) is 10.9 Å². The molecule has 1 heterocycles. The Morgan fingerprint density at radius 3 is 2.40 bits per heavy atom. The Labute approximate surface area is 122 Å². The molecule has 1 fully saturated rings. The lowest BCUT2D eigenvalue weighted by Gasteiger charge is -2.27. The molecule has 0 aromatic rings. The van der Waals surface area contributed by atoms with Crippen LogP contribution in [0, 0.1) is 23.7 Å². The molecule has 116 valence electrons. The lowest BCUT2D eigenvalue weighted by Crippen LogP contribution is -2.44. The van der Waals surface area contributed by atoms with Gasteiger partial charge in [0.1, 0.15) is 5.92 Å². The summed E-state index contributed by atoms with van der Waals surface area (Å²) in [5, 5.41) is 11.9. The summed E-state index contributed by atoms with van der Waals surface area (Å²) in [6.45, 7) is 9.91. The number of amides is 1. The highest BCUT2D eigenvalue weighted by Crippen LogP contribution is 2.26. The van der Waals surface area contributed by atoms with E-state index in [1.54, 1.807) is 0 Å². The molecule has 5 nitrogen and oxygen atoms in total. The fraction of sp³-hybridized carbons (Fsp3) is 0.867. The van der Waals surface area contributed by atoms with Gasteiger partial charge in [0.2, 0.25) is 5.91 Å². The molecule has 1 amide bonds. The lowest BCUT2D eigenvalue weighted by molar-refractivity contribution is -0.134. The Hall–Kier alpha value is -1.26. The molecule has 1 saturated heterocycles. The molecule has 0 bridgehead atoms. The molecule has 0 aliphatic carbocycles. The van der Waals surface area contributed by atoms with Gasteiger partial charge < -0.3 is 15.8 Å². The molecule has 3 N–H and O–H groups in total. The summed E-state index contributed by atoms with van der Waals surface area (Å²) in [5.74, 6) is 0.886. The number of carbonyl (C=O) groups excluding carboxylic acids is 1. The van der Waals surface area contributed by atoms with Crippen molar-refractivity contribution in [2.75, 3.05) is 13.1 Å². The van der Waals surface area contributed by atoms with Crippen LogP contribution in [0.4, 0.5) is 0 Å². The standard InChI is InChI=1S/C15H29N3O2/c1-10(2)12-6-5-8-18(9-7-12)15(19)13(11(3)4)14(16)17-20/h10-13,20H,5-9H2,1-4H3,(H2,16,17). The molecule has 0 radical (unpaired) electrons. The van der Waals surface area contributed by atoms with Crippen LogP contribution in [0.3, 0.4) is 0 Å². The van der Waals surface area contributed by atoms with Gasteiger partial charge in [0.05, 0.1) is 0 Å². The third-order valence-corrected chi connectivity index (χ3v) is 4.39. The SMILES string of the molecule is CC(C)C1CCCN(C(=O)C(C(N)=NO)C(C)C)CC1. The van der Waals surface area contributed by atoms with Crippen molar-refractivity contribution in [3.8, 4) is 0 Å².